The predicted octanol–water partition coefficient (Wildman–Crippen LogP) is 2.38. The SMILES string of the molecule is CCSc1ccc(C#N)c(O)c1. The zero-order chi connectivity index (χ0) is 8.97. The van der Waals surface area contributed by atoms with Gasteiger partial charge in [0.15, 0.2) is 0 Å². The summed E-state index contributed by atoms with van der Waals surface area (Å²) in [6.07, 6.45) is 0. The van der Waals surface area contributed by atoms with Gasteiger partial charge in [0.1, 0.15) is 11.8 Å². The van der Waals surface area contributed by atoms with Crippen molar-refractivity contribution in [2.45, 2.75) is 11.8 Å². The predicted molar refractivity (Wildman–Crippen MR) is 49.2 cm³/mol. The second-order valence-corrected chi connectivity index (χ2v) is 3.56. The number of benzene rings is 1. The largest absolute Gasteiger partial charge is 0.507 e. The number of nitriles is 1. The summed E-state index contributed by atoms with van der Waals surface area (Å²) in [6.45, 7) is 2.04. The van der Waals surface area contributed by atoms with Crippen molar-refractivity contribution >= 4 is 11.8 Å². The maximum atomic E-state index is 9.28. The number of hydrogen-bond donors (Lipinski definition) is 1. The molecule has 12 heavy (non-hydrogen) atoms. The summed E-state index contributed by atoms with van der Waals surface area (Å²) in [5.74, 6) is 1.03. The summed E-state index contributed by atoms with van der Waals surface area (Å²) in [6, 6.07) is 7.00. The van der Waals surface area contributed by atoms with Gasteiger partial charge >= 0.3 is 0 Å². The van der Waals surface area contributed by atoms with Crippen LogP contribution in [-0.4, -0.2) is 10.9 Å². The van der Waals surface area contributed by atoms with E-state index in [1.807, 2.05) is 19.1 Å². The number of thioether (sulfide) groups is 1. The quantitative estimate of drug-likeness (QED) is 0.709. The van der Waals surface area contributed by atoms with Gasteiger partial charge in [0.2, 0.25) is 0 Å². The first-order valence-electron chi connectivity index (χ1n) is 3.64. The van der Waals surface area contributed by atoms with Crippen molar-refractivity contribution < 1.29 is 5.11 Å². The van der Waals surface area contributed by atoms with E-state index in [2.05, 4.69) is 0 Å². The van der Waals surface area contributed by atoms with Crippen LogP contribution in [0.25, 0.3) is 0 Å². The van der Waals surface area contributed by atoms with Crippen LogP contribution >= 0.6 is 11.8 Å². The number of phenols is 1. The first-order chi connectivity index (χ1) is 5.77. The van der Waals surface area contributed by atoms with E-state index in [0.717, 1.165) is 10.6 Å². The van der Waals surface area contributed by atoms with Gasteiger partial charge in [-0.05, 0) is 24.0 Å². The Morgan fingerprint density at radius 1 is 1.58 bits per heavy atom. The van der Waals surface area contributed by atoms with Crippen molar-refractivity contribution in [1.82, 2.24) is 0 Å². The molecular weight excluding hydrogens is 170 g/mol. The molecule has 0 saturated heterocycles. The average molecular weight is 179 g/mol. The Kier molecular flexibility index (Phi) is 3.01. The Morgan fingerprint density at radius 2 is 2.33 bits per heavy atom. The highest BCUT2D eigenvalue weighted by atomic mass is 32.2. The van der Waals surface area contributed by atoms with Crippen LogP contribution in [0.3, 0.4) is 0 Å². The molecule has 0 fully saturated rings. The maximum Gasteiger partial charge on any atom is 0.134 e. The third kappa shape index (κ3) is 1.93. The molecule has 0 heterocycles. The molecule has 3 heteroatoms. The lowest BCUT2D eigenvalue weighted by Gasteiger charge is -1.99. The molecule has 0 aliphatic rings. The lowest BCUT2D eigenvalue weighted by Crippen LogP contribution is -1.78. The van der Waals surface area contributed by atoms with Crippen molar-refractivity contribution in [1.29, 1.82) is 5.26 Å². The molecule has 1 aromatic rings. The number of hydrogen-bond acceptors (Lipinski definition) is 3. The fourth-order valence-corrected chi connectivity index (χ4v) is 1.56. The van der Waals surface area contributed by atoms with E-state index in [4.69, 9.17) is 5.26 Å². The zero-order valence-corrected chi connectivity index (χ0v) is 7.56. The molecule has 0 aromatic heterocycles. The summed E-state index contributed by atoms with van der Waals surface area (Å²) >= 11 is 1.64. The number of aromatic hydroxyl groups is 1. The van der Waals surface area contributed by atoms with E-state index in [1.54, 1.807) is 23.9 Å². The summed E-state index contributed by atoms with van der Waals surface area (Å²) < 4.78 is 0. The fourth-order valence-electron chi connectivity index (χ4n) is 0.862. The van der Waals surface area contributed by atoms with Crippen molar-refractivity contribution in [3.63, 3.8) is 0 Å². The molecule has 0 amide bonds. The Balaban J connectivity index is 2.96. The Labute approximate surface area is 75.8 Å². The minimum absolute atomic E-state index is 0.0657. The second kappa shape index (κ2) is 4.03. The van der Waals surface area contributed by atoms with Crippen LogP contribution in [-0.2, 0) is 0 Å². The molecule has 0 spiro atoms. The maximum absolute atomic E-state index is 9.28. The normalized spacial score (nSPS) is 9.33. The standard InChI is InChI=1S/C9H9NOS/c1-2-12-8-4-3-7(6-10)9(11)5-8/h3-5,11H,2H2,1H3. The second-order valence-electron chi connectivity index (χ2n) is 2.22. The molecule has 1 N–H and O–H groups in total. The molecule has 0 aliphatic heterocycles. The van der Waals surface area contributed by atoms with E-state index in [9.17, 15) is 5.11 Å². The van der Waals surface area contributed by atoms with Crippen LogP contribution in [0, 0.1) is 11.3 Å². The molecule has 0 bridgehead atoms. The van der Waals surface area contributed by atoms with Crippen molar-refractivity contribution in [2.24, 2.45) is 0 Å². The highest BCUT2D eigenvalue weighted by Crippen LogP contribution is 2.24. The summed E-state index contributed by atoms with van der Waals surface area (Å²) in [5.41, 5.74) is 0.329. The molecule has 0 radical (unpaired) electrons. The van der Waals surface area contributed by atoms with Crippen LogP contribution in [0.4, 0.5) is 0 Å². The summed E-state index contributed by atoms with van der Waals surface area (Å²) in [7, 11) is 0. The molecule has 2 nitrogen and oxygen atoms in total. The lowest BCUT2D eigenvalue weighted by atomic mass is 10.2. The average Bonchev–Trinajstić information content (AvgIpc) is 2.05. The topological polar surface area (TPSA) is 44.0 Å². The summed E-state index contributed by atoms with van der Waals surface area (Å²) in [4.78, 5) is 0.994. The molecular formula is C9H9NOS. The smallest absolute Gasteiger partial charge is 0.134 e. The van der Waals surface area contributed by atoms with Gasteiger partial charge in [-0.15, -0.1) is 11.8 Å². The molecule has 62 valence electrons. The van der Waals surface area contributed by atoms with E-state index in [-0.39, 0.29) is 5.75 Å². The van der Waals surface area contributed by atoms with Gasteiger partial charge in [-0.2, -0.15) is 5.26 Å². The first kappa shape index (κ1) is 8.95. The van der Waals surface area contributed by atoms with Gasteiger partial charge in [0, 0.05) is 4.90 Å². The minimum atomic E-state index is 0.0657. The van der Waals surface area contributed by atoms with Crippen LogP contribution in [0.15, 0.2) is 23.1 Å². The van der Waals surface area contributed by atoms with Gasteiger partial charge in [-0.3, -0.25) is 0 Å². The third-order valence-corrected chi connectivity index (χ3v) is 2.28. The van der Waals surface area contributed by atoms with Crippen molar-refractivity contribution in [3.8, 4) is 11.8 Å². The number of phenolic OH excluding ortho intramolecular Hbond substituents is 1. The summed E-state index contributed by atoms with van der Waals surface area (Å²) in [5, 5.41) is 17.8. The van der Waals surface area contributed by atoms with Crippen LogP contribution in [0.1, 0.15) is 12.5 Å². The first-order valence-corrected chi connectivity index (χ1v) is 4.62. The van der Waals surface area contributed by atoms with Gasteiger partial charge < -0.3 is 5.11 Å². The molecule has 1 rings (SSSR count). The van der Waals surface area contributed by atoms with E-state index in [0.29, 0.717) is 5.56 Å². The van der Waals surface area contributed by atoms with Crippen molar-refractivity contribution in [2.75, 3.05) is 5.75 Å². The van der Waals surface area contributed by atoms with Crippen LogP contribution < -0.4 is 0 Å². The van der Waals surface area contributed by atoms with Crippen LogP contribution in [0.5, 0.6) is 5.75 Å². The van der Waals surface area contributed by atoms with Gasteiger partial charge in [-0.25, -0.2) is 0 Å². The Bertz CT molecular complexity index is 317. The molecule has 0 aliphatic carbocycles. The molecule has 0 unspecified atom stereocenters. The number of rotatable bonds is 2. The van der Waals surface area contributed by atoms with Gasteiger partial charge in [0.25, 0.3) is 0 Å². The molecule has 1 aromatic carbocycles. The zero-order valence-electron chi connectivity index (χ0n) is 6.74. The van der Waals surface area contributed by atoms with E-state index >= 15 is 0 Å². The van der Waals surface area contributed by atoms with Crippen LogP contribution in [0.2, 0.25) is 0 Å². The minimum Gasteiger partial charge on any atom is -0.507 e. The molecule has 0 atom stereocenters. The van der Waals surface area contributed by atoms with E-state index < -0.39 is 0 Å². The van der Waals surface area contributed by atoms with E-state index in [1.165, 1.54) is 0 Å². The van der Waals surface area contributed by atoms with Gasteiger partial charge in [0.05, 0.1) is 5.56 Å². The highest BCUT2D eigenvalue weighted by Gasteiger charge is 2.00. The van der Waals surface area contributed by atoms with Gasteiger partial charge in [-0.1, -0.05) is 6.92 Å². The van der Waals surface area contributed by atoms with Crippen molar-refractivity contribution in [3.05, 3.63) is 23.8 Å². The molecule has 0 saturated carbocycles. The Morgan fingerprint density at radius 3 is 2.83 bits per heavy atom. The monoisotopic (exact) mass is 179 g/mol. The Hall–Kier alpha value is -1.14. The third-order valence-electron chi connectivity index (χ3n) is 1.40. The lowest BCUT2D eigenvalue weighted by molar-refractivity contribution is 0.472. The highest BCUT2D eigenvalue weighted by molar-refractivity contribution is 7.99. The number of nitrogens with zero attached hydrogens (tertiary/aromatic N) is 1. The fraction of sp³-hybridized carbons (Fsp3) is 0.222.